The molecule has 1 aliphatic rings. The van der Waals surface area contributed by atoms with Gasteiger partial charge < -0.3 is 20.7 Å². The van der Waals surface area contributed by atoms with Crippen LogP contribution in [0.3, 0.4) is 0 Å². The number of para-hydroxylation sites is 3. The molecular weight excluding hydrogens is 398 g/mol. The number of carbonyl (C=O) groups excluding carboxylic acids is 2. The summed E-state index contributed by atoms with van der Waals surface area (Å²) in [6.07, 6.45) is -0.798. The van der Waals surface area contributed by atoms with Crippen molar-refractivity contribution in [3.8, 4) is 5.75 Å². The lowest BCUT2D eigenvalue weighted by molar-refractivity contribution is -0.125. The van der Waals surface area contributed by atoms with E-state index in [0.29, 0.717) is 5.75 Å². The Morgan fingerprint density at radius 1 is 1.00 bits per heavy atom. The maximum atomic E-state index is 12.9. The van der Waals surface area contributed by atoms with Gasteiger partial charge in [0.25, 0.3) is 5.91 Å². The highest BCUT2D eigenvalue weighted by atomic mass is 32.2. The molecule has 2 amide bonds. The summed E-state index contributed by atoms with van der Waals surface area (Å²) in [7, 11) is 0. The minimum atomic E-state index is -0.798. The molecule has 30 heavy (non-hydrogen) atoms. The van der Waals surface area contributed by atoms with E-state index in [9.17, 15) is 9.59 Å². The molecule has 0 fully saturated rings. The van der Waals surface area contributed by atoms with Crippen LogP contribution < -0.4 is 20.7 Å². The number of anilines is 2. The lowest BCUT2D eigenvalue weighted by Gasteiger charge is -2.34. The van der Waals surface area contributed by atoms with E-state index in [1.54, 1.807) is 17.8 Å². The fourth-order valence-electron chi connectivity index (χ4n) is 3.24. The Balaban J connectivity index is 1.50. The fraction of sp³-hybridized carbons (Fsp3) is 0.130. The Morgan fingerprint density at radius 2 is 1.70 bits per heavy atom. The standard InChI is InChI=1S/C23H21N3O3S/c24-23(28)20-14-26(18-11-5-6-12-19(18)29-20)15-22(27)25-17-10-4-7-13-21(17)30-16-8-2-1-3-9-16/h1-13,20H,14-15H2,(H2,24,28)(H,25,27)/t20-/m1/s1. The van der Waals surface area contributed by atoms with Crippen LogP contribution >= 0.6 is 11.8 Å². The van der Waals surface area contributed by atoms with Gasteiger partial charge in [-0.2, -0.15) is 0 Å². The highest BCUT2D eigenvalue weighted by molar-refractivity contribution is 7.99. The van der Waals surface area contributed by atoms with Gasteiger partial charge in [0.2, 0.25) is 5.91 Å². The smallest absolute Gasteiger partial charge is 0.260 e. The van der Waals surface area contributed by atoms with Crippen molar-refractivity contribution in [3.63, 3.8) is 0 Å². The number of ether oxygens (including phenoxy) is 1. The molecule has 0 saturated carbocycles. The van der Waals surface area contributed by atoms with Gasteiger partial charge in [-0.3, -0.25) is 9.59 Å². The third-order valence-electron chi connectivity index (χ3n) is 4.65. The zero-order chi connectivity index (χ0) is 20.9. The van der Waals surface area contributed by atoms with E-state index in [4.69, 9.17) is 10.5 Å². The predicted molar refractivity (Wildman–Crippen MR) is 118 cm³/mol. The molecule has 3 N–H and O–H groups in total. The summed E-state index contributed by atoms with van der Waals surface area (Å²) in [6.45, 7) is 0.300. The number of amides is 2. The molecule has 0 spiro atoms. The van der Waals surface area contributed by atoms with E-state index in [-0.39, 0.29) is 19.0 Å². The second-order valence-corrected chi connectivity index (χ2v) is 7.93. The average molecular weight is 420 g/mol. The SMILES string of the molecule is NC(=O)[C@H]1CN(CC(=O)Nc2ccccc2Sc2ccccc2)c2ccccc2O1. The maximum Gasteiger partial charge on any atom is 0.260 e. The van der Waals surface area contributed by atoms with Gasteiger partial charge in [0.1, 0.15) is 5.75 Å². The zero-order valence-corrected chi connectivity index (χ0v) is 17.0. The number of benzene rings is 3. The van der Waals surface area contributed by atoms with E-state index in [1.807, 2.05) is 77.7 Å². The topological polar surface area (TPSA) is 84.7 Å². The molecule has 1 aliphatic heterocycles. The van der Waals surface area contributed by atoms with Crippen LogP contribution in [0.4, 0.5) is 11.4 Å². The number of nitrogens with zero attached hydrogens (tertiary/aromatic N) is 1. The van der Waals surface area contributed by atoms with E-state index in [2.05, 4.69) is 5.32 Å². The van der Waals surface area contributed by atoms with Crippen LogP contribution in [-0.4, -0.2) is 31.0 Å². The second-order valence-electron chi connectivity index (χ2n) is 6.82. The summed E-state index contributed by atoms with van der Waals surface area (Å²) >= 11 is 1.59. The van der Waals surface area contributed by atoms with Gasteiger partial charge in [-0.1, -0.05) is 54.2 Å². The van der Waals surface area contributed by atoms with E-state index in [1.165, 1.54) is 0 Å². The number of hydrogen-bond donors (Lipinski definition) is 2. The normalized spacial score (nSPS) is 15.1. The summed E-state index contributed by atoms with van der Waals surface area (Å²) in [5.41, 5.74) is 6.94. The van der Waals surface area contributed by atoms with Gasteiger partial charge in [0, 0.05) is 9.79 Å². The van der Waals surface area contributed by atoms with Gasteiger partial charge in [-0.15, -0.1) is 0 Å². The number of nitrogens with one attached hydrogen (secondary N) is 1. The Morgan fingerprint density at radius 3 is 2.50 bits per heavy atom. The Kier molecular flexibility index (Phi) is 5.90. The Hall–Kier alpha value is -3.45. The van der Waals surface area contributed by atoms with Crippen LogP contribution in [0, 0.1) is 0 Å². The largest absolute Gasteiger partial charge is 0.477 e. The Labute approximate surface area is 179 Å². The molecule has 0 radical (unpaired) electrons. The van der Waals surface area contributed by atoms with Gasteiger partial charge in [0.15, 0.2) is 6.10 Å². The van der Waals surface area contributed by atoms with E-state index < -0.39 is 12.0 Å². The van der Waals surface area contributed by atoms with Gasteiger partial charge in [-0.05, 0) is 36.4 Å². The molecule has 0 unspecified atom stereocenters. The van der Waals surface area contributed by atoms with Crippen molar-refractivity contribution >= 4 is 35.0 Å². The summed E-state index contributed by atoms with van der Waals surface area (Å²) < 4.78 is 5.66. The number of hydrogen-bond acceptors (Lipinski definition) is 5. The van der Waals surface area contributed by atoms with Gasteiger partial charge in [0.05, 0.1) is 24.5 Å². The minimum Gasteiger partial charge on any atom is -0.477 e. The monoisotopic (exact) mass is 419 g/mol. The molecule has 0 aromatic heterocycles. The van der Waals surface area contributed by atoms with Gasteiger partial charge in [-0.25, -0.2) is 0 Å². The van der Waals surface area contributed by atoms with Crippen molar-refractivity contribution in [2.45, 2.75) is 15.9 Å². The molecule has 1 atom stereocenters. The summed E-state index contributed by atoms with van der Waals surface area (Å²) in [4.78, 5) is 28.4. The molecule has 0 aliphatic carbocycles. The van der Waals surface area contributed by atoms with Crippen LogP contribution in [0.15, 0.2) is 88.7 Å². The molecular formula is C23H21N3O3S. The molecule has 0 bridgehead atoms. The molecule has 6 nitrogen and oxygen atoms in total. The third-order valence-corrected chi connectivity index (χ3v) is 5.73. The molecule has 7 heteroatoms. The highest BCUT2D eigenvalue weighted by Gasteiger charge is 2.30. The van der Waals surface area contributed by atoms with Gasteiger partial charge >= 0.3 is 0 Å². The predicted octanol–water partition coefficient (Wildman–Crippen LogP) is 3.53. The molecule has 152 valence electrons. The average Bonchev–Trinajstić information content (AvgIpc) is 2.75. The molecule has 4 rings (SSSR count). The third kappa shape index (κ3) is 4.58. The molecule has 3 aromatic rings. The van der Waals surface area contributed by atoms with Crippen molar-refractivity contribution in [1.29, 1.82) is 0 Å². The number of primary amides is 1. The number of nitrogens with two attached hydrogens (primary N) is 1. The minimum absolute atomic E-state index is 0.0779. The second kappa shape index (κ2) is 8.92. The molecule has 1 heterocycles. The van der Waals surface area contributed by atoms with Crippen LogP contribution in [0.1, 0.15) is 0 Å². The van der Waals surface area contributed by atoms with E-state index >= 15 is 0 Å². The lowest BCUT2D eigenvalue weighted by atomic mass is 10.1. The van der Waals surface area contributed by atoms with Crippen LogP contribution in [0.25, 0.3) is 0 Å². The van der Waals surface area contributed by atoms with Crippen molar-refractivity contribution in [2.24, 2.45) is 5.73 Å². The van der Waals surface area contributed by atoms with Crippen molar-refractivity contribution in [3.05, 3.63) is 78.9 Å². The highest BCUT2D eigenvalue weighted by Crippen LogP contribution is 2.34. The zero-order valence-electron chi connectivity index (χ0n) is 16.2. The first-order valence-corrected chi connectivity index (χ1v) is 10.3. The first-order valence-electron chi connectivity index (χ1n) is 9.52. The van der Waals surface area contributed by atoms with Crippen molar-refractivity contribution in [1.82, 2.24) is 0 Å². The summed E-state index contributed by atoms with van der Waals surface area (Å²) in [6, 6.07) is 25.0. The van der Waals surface area contributed by atoms with Crippen molar-refractivity contribution in [2.75, 3.05) is 23.3 Å². The van der Waals surface area contributed by atoms with Crippen LogP contribution in [0.5, 0.6) is 5.75 Å². The maximum absolute atomic E-state index is 12.9. The quantitative estimate of drug-likeness (QED) is 0.639. The van der Waals surface area contributed by atoms with Crippen molar-refractivity contribution < 1.29 is 14.3 Å². The Bertz CT molecular complexity index is 1060. The molecule has 3 aromatic carbocycles. The first kappa shape index (κ1) is 19.8. The molecule has 0 saturated heterocycles. The van der Waals surface area contributed by atoms with E-state index in [0.717, 1.165) is 21.2 Å². The number of carbonyl (C=O) groups is 2. The fourth-order valence-corrected chi connectivity index (χ4v) is 4.17. The first-order chi connectivity index (χ1) is 14.6. The van der Waals surface area contributed by atoms with Crippen LogP contribution in [0.2, 0.25) is 0 Å². The summed E-state index contributed by atoms with van der Waals surface area (Å²) in [5.74, 6) is -0.198. The van der Waals surface area contributed by atoms with Crippen LogP contribution in [-0.2, 0) is 9.59 Å². The number of rotatable bonds is 6. The number of fused-ring (bicyclic) bond motifs is 1. The summed E-state index contributed by atoms with van der Waals surface area (Å²) in [5, 5.41) is 2.99. The lowest BCUT2D eigenvalue weighted by Crippen LogP contribution is -2.49.